The summed E-state index contributed by atoms with van der Waals surface area (Å²) < 4.78 is 0. The van der Waals surface area contributed by atoms with E-state index in [2.05, 4.69) is 39.3 Å². The molecule has 3 amide bonds. The number of likely N-dealkylation sites (tertiary alicyclic amines) is 1. The third-order valence-corrected chi connectivity index (χ3v) is 5.76. The normalized spacial score (nSPS) is 14.2. The lowest BCUT2D eigenvalue weighted by molar-refractivity contribution is 0.0663. The molecule has 0 spiro atoms. The van der Waals surface area contributed by atoms with E-state index in [1.54, 1.807) is 36.4 Å². The Balaban J connectivity index is 1.44. The first-order valence-electron chi connectivity index (χ1n) is 10.9. The third-order valence-electron chi connectivity index (χ3n) is 5.76. The van der Waals surface area contributed by atoms with Gasteiger partial charge in [-0.05, 0) is 63.3 Å². The molecule has 33 heavy (non-hydrogen) atoms. The summed E-state index contributed by atoms with van der Waals surface area (Å²) in [6, 6.07) is 16.2. The minimum absolute atomic E-state index is 0.0150. The summed E-state index contributed by atoms with van der Waals surface area (Å²) in [7, 11) is 4.16. The average molecular weight is 446 g/mol. The first-order chi connectivity index (χ1) is 16.0. The van der Waals surface area contributed by atoms with Crippen LogP contribution in [0.25, 0.3) is 0 Å². The quantitative estimate of drug-likeness (QED) is 0.647. The molecule has 1 saturated heterocycles. The first-order valence-corrected chi connectivity index (χ1v) is 10.9. The predicted octanol–water partition coefficient (Wildman–Crippen LogP) is 3.41. The van der Waals surface area contributed by atoms with Crippen molar-refractivity contribution in [1.29, 1.82) is 0 Å². The summed E-state index contributed by atoms with van der Waals surface area (Å²) in [4.78, 5) is 43.5. The number of piperidine rings is 1. The van der Waals surface area contributed by atoms with Gasteiger partial charge in [0, 0.05) is 30.4 Å². The number of amides is 3. The van der Waals surface area contributed by atoms with E-state index in [0.29, 0.717) is 23.0 Å². The second-order valence-corrected chi connectivity index (χ2v) is 8.10. The van der Waals surface area contributed by atoms with Gasteiger partial charge in [-0.2, -0.15) is 0 Å². The molecule has 1 aliphatic rings. The van der Waals surface area contributed by atoms with Crippen molar-refractivity contribution in [1.82, 2.24) is 24.8 Å². The zero-order valence-electron chi connectivity index (χ0n) is 18.8. The monoisotopic (exact) mass is 445 g/mol. The molecule has 1 aromatic heterocycles. The van der Waals surface area contributed by atoms with Crippen LogP contribution in [0, 0.1) is 0 Å². The number of benzene rings is 2. The molecule has 1 N–H and O–H groups in total. The van der Waals surface area contributed by atoms with E-state index in [1.807, 2.05) is 23.1 Å². The van der Waals surface area contributed by atoms with Crippen molar-refractivity contribution in [3.8, 4) is 0 Å². The van der Waals surface area contributed by atoms with Gasteiger partial charge >= 0.3 is 6.03 Å². The maximum absolute atomic E-state index is 13.1. The molecule has 2 aromatic carbocycles. The molecule has 0 aliphatic carbocycles. The maximum atomic E-state index is 13.1. The number of hydrogen-bond donors (Lipinski definition) is 1. The van der Waals surface area contributed by atoms with Gasteiger partial charge in [-0.15, -0.1) is 0 Å². The van der Waals surface area contributed by atoms with Crippen LogP contribution in [0.5, 0.6) is 0 Å². The molecule has 0 radical (unpaired) electrons. The Morgan fingerprint density at radius 2 is 1.58 bits per heavy atom. The lowest BCUT2D eigenvalue weighted by atomic mass is 10.0. The molecular formula is C24H27N7O2. The Bertz CT molecular complexity index is 1030. The van der Waals surface area contributed by atoms with Gasteiger partial charge in [-0.25, -0.2) is 24.6 Å². The average Bonchev–Trinajstić information content (AvgIpc) is 2.85. The fourth-order valence-corrected chi connectivity index (χ4v) is 3.89. The number of carbonyl (C=O) groups is 2. The molecule has 1 aliphatic heterocycles. The highest BCUT2D eigenvalue weighted by atomic mass is 16.2. The van der Waals surface area contributed by atoms with Gasteiger partial charge in [-0.3, -0.25) is 4.79 Å². The number of carbonyl (C=O) groups excluding carboxylic acids is 2. The molecule has 0 atom stereocenters. The summed E-state index contributed by atoms with van der Waals surface area (Å²) in [5.41, 5.74) is 1.79. The molecule has 9 nitrogen and oxygen atoms in total. The number of rotatable bonds is 5. The van der Waals surface area contributed by atoms with Crippen LogP contribution in [0.2, 0.25) is 0 Å². The number of nitrogens with zero attached hydrogens (tertiary/aromatic N) is 6. The van der Waals surface area contributed by atoms with Gasteiger partial charge in [0.1, 0.15) is 12.7 Å². The summed E-state index contributed by atoms with van der Waals surface area (Å²) in [6.07, 6.45) is 4.62. The van der Waals surface area contributed by atoms with Crippen molar-refractivity contribution in [3.05, 3.63) is 72.8 Å². The van der Waals surface area contributed by atoms with Crippen molar-refractivity contribution in [3.63, 3.8) is 0 Å². The van der Waals surface area contributed by atoms with Crippen LogP contribution in [0.4, 0.5) is 22.1 Å². The number of hydrogen-bond acceptors (Lipinski definition) is 6. The second-order valence-electron chi connectivity index (χ2n) is 8.10. The van der Waals surface area contributed by atoms with Gasteiger partial charge in [0.2, 0.25) is 5.95 Å². The molecule has 4 rings (SSSR count). The van der Waals surface area contributed by atoms with Crippen molar-refractivity contribution in [2.24, 2.45) is 0 Å². The predicted molar refractivity (Wildman–Crippen MR) is 126 cm³/mol. The number of nitrogens with one attached hydrogen (secondary N) is 1. The fraction of sp³-hybridized carbons (Fsp3) is 0.292. The standard InChI is InChI=1S/C24H27N7O2/c1-29(2)20-12-14-30(15-13-20)22(32)18-8-10-19(11-9-18)28-24(33)31(21-6-4-3-5-7-21)23-26-16-25-17-27-23/h3-11,16-17,20H,12-15H2,1-2H3,(H,28,33). The van der Waals surface area contributed by atoms with Crippen molar-refractivity contribution in [2.75, 3.05) is 37.4 Å². The second kappa shape index (κ2) is 10.2. The topological polar surface area (TPSA) is 94.6 Å². The molecular weight excluding hydrogens is 418 g/mol. The maximum Gasteiger partial charge on any atom is 0.333 e. The molecule has 2 heterocycles. The Labute approximate surface area is 193 Å². The Morgan fingerprint density at radius 1 is 0.939 bits per heavy atom. The highest BCUT2D eigenvalue weighted by molar-refractivity contribution is 6.06. The van der Waals surface area contributed by atoms with Gasteiger partial charge in [0.05, 0.1) is 5.69 Å². The van der Waals surface area contributed by atoms with E-state index in [1.165, 1.54) is 17.6 Å². The van der Waals surface area contributed by atoms with Gasteiger partial charge < -0.3 is 15.1 Å². The van der Waals surface area contributed by atoms with E-state index >= 15 is 0 Å². The first kappa shape index (κ1) is 22.3. The SMILES string of the molecule is CN(C)C1CCN(C(=O)c2ccc(NC(=O)N(c3ccccc3)c3ncncn3)cc2)CC1. The molecule has 0 unspecified atom stereocenters. The van der Waals surface area contributed by atoms with E-state index in [9.17, 15) is 9.59 Å². The molecule has 9 heteroatoms. The molecule has 0 saturated carbocycles. The molecule has 170 valence electrons. The van der Waals surface area contributed by atoms with Gasteiger partial charge in [0.25, 0.3) is 5.91 Å². The lowest BCUT2D eigenvalue weighted by Gasteiger charge is -2.35. The largest absolute Gasteiger partial charge is 0.339 e. The Hall–Kier alpha value is -3.85. The van der Waals surface area contributed by atoms with Crippen LogP contribution in [0.15, 0.2) is 67.3 Å². The summed E-state index contributed by atoms with van der Waals surface area (Å²) in [6.45, 7) is 1.50. The van der Waals surface area contributed by atoms with Crippen molar-refractivity contribution >= 4 is 29.3 Å². The lowest BCUT2D eigenvalue weighted by Crippen LogP contribution is -2.44. The minimum atomic E-state index is -0.419. The Kier molecular flexibility index (Phi) is 6.89. The highest BCUT2D eigenvalue weighted by Gasteiger charge is 2.25. The van der Waals surface area contributed by atoms with Crippen LogP contribution >= 0.6 is 0 Å². The van der Waals surface area contributed by atoms with Crippen LogP contribution in [0.1, 0.15) is 23.2 Å². The van der Waals surface area contributed by atoms with Crippen LogP contribution in [-0.4, -0.2) is 69.9 Å². The van der Waals surface area contributed by atoms with Crippen LogP contribution in [0.3, 0.4) is 0 Å². The molecule has 1 fully saturated rings. The fourth-order valence-electron chi connectivity index (χ4n) is 3.89. The smallest absolute Gasteiger partial charge is 0.333 e. The van der Waals surface area contributed by atoms with E-state index in [4.69, 9.17) is 0 Å². The molecule has 0 bridgehead atoms. The number of para-hydroxylation sites is 1. The Morgan fingerprint density at radius 3 is 2.18 bits per heavy atom. The van der Waals surface area contributed by atoms with Crippen LogP contribution < -0.4 is 10.2 Å². The van der Waals surface area contributed by atoms with E-state index in [-0.39, 0.29) is 11.9 Å². The third kappa shape index (κ3) is 5.32. The summed E-state index contributed by atoms with van der Waals surface area (Å²) >= 11 is 0. The van der Waals surface area contributed by atoms with Crippen molar-refractivity contribution < 1.29 is 9.59 Å². The zero-order valence-corrected chi connectivity index (χ0v) is 18.8. The van der Waals surface area contributed by atoms with Crippen molar-refractivity contribution in [2.45, 2.75) is 18.9 Å². The van der Waals surface area contributed by atoms with E-state index in [0.717, 1.165) is 25.9 Å². The summed E-state index contributed by atoms with van der Waals surface area (Å²) in [5.74, 6) is 0.225. The molecule has 3 aromatic rings. The minimum Gasteiger partial charge on any atom is -0.339 e. The van der Waals surface area contributed by atoms with E-state index < -0.39 is 6.03 Å². The highest BCUT2D eigenvalue weighted by Crippen LogP contribution is 2.23. The zero-order chi connectivity index (χ0) is 23.2. The summed E-state index contributed by atoms with van der Waals surface area (Å²) in [5, 5.41) is 2.86. The number of aromatic nitrogens is 3. The number of anilines is 3. The van der Waals surface area contributed by atoms with Gasteiger partial charge in [0.15, 0.2) is 0 Å². The van der Waals surface area contributed by atoms with Crippen LogP contribution in [-0.2, 0) is 0 Å². The number of urea groups is 1. The van der Waals surface area contributed by atoms with Gasteiger partial charge in [-0.1, -0.05) is 18.2 Å².